The van der Waals surface area contributed by atoms with Crippen LogP contribution in [0.15, 0.2) is 54.6 Å². The SMILES string of the molecule is CCCC(N(Cc1cc(C)cc(C)c1)Cc1cc(C)cc(C)c1)[N+](CC)(CC)Cc1cc(C)cc(C)c1.O=C[O-]. The summed E-state index contributed by atoms with van der Waals surface area (Å²) < 4.78 is 1.09. The predicted molar refractivity (Wildman–Crippen MR) is 167 cm³/mol. The van der Waals surface area contributed by atoms with E-state index in [1.54, 1.807) is 0 Å². The highest BCUT2D eigenvalue weighted by molar-refractivity contribution is 5.31. The van der Waals surface area contributed by atoms with E-state index in [0.29, 0.717) is 6.17 Å². The molecule has 218 valence electrons. The van der Waals surface area contributed by atoms with Crippen LogP contribution in [-0.4, -0.2) is 35.1 Å². The first-order chi connectivity index (χ1) is 19.0. The number of carbonyl (C=O) groups is 1. The van der Waals surface area contributed by atoms with Crippen LogP contribution >= 0.6 is 0 Å². The van der Waals surface area contributed by atoms with Crippen molar-refractivity contribution in [3.63, 3.8) is 0 Å². The van der Waals surface area contributed by atoms with Gasteiger partial charge in [0.2, 0.25) is 0 Å². The van der Waals surface area contributed by atoms with Crippen LogP contribution in [0.1, 0.15) is 83.7 Å². The van der Waals surface area contributed by atoms with Gasteiger partial charge in [0.25, 0.3) is 0 Å². The van der Waals surface area contributed by atoms with Gasteiger partial charge in [-0.3, -0.25) is 0 Å². The lowest BCUT2D eigenvalue weighted by molar-refractivity contribution is -0.972. The van der Waals surface area contributed by atoms with Gasteiger partial charge in [0, 0.05) is 31.5 Å². The summed E-state index contributed by atoms with van der Waals surface area (Å²) in [6, 6.07) is 21.3. The van der Waals surface area contributed by atoms with E-state index in [2.05, 4.69) is 122 Å². The Balaban J connectivity index is 0.00000178. The Bertz CT molecular complexity index is 1120. The summed E-state index contributed by atoms with van der Waals surface area (Å²) in [5.74, 6) is 0. The summed E-state index contributed by atoms with van der Waals surface area (Å²) >= 11 is 0. The Kier molecular flexibility index (Phi) is 13.1. The molecule has 0 fully saturated rings. The first kappa shape index (κ1) is 33.3. The number of nitrogens with zero attached hydrogens (tertiary/aromatic N) is 2. The highest BCUT2D eigenvalue weighted by Crippen LogP contribution is 2.30. The Hall–Kier alpha value is -2.95. The number of carbonyl (C=O) groups excluding carboxylic acids is 1. The van der Waals surface area contributed by atoms with Gasteiger partial charge in [0.15, 0.2) is 0 Å². The van der Waals surface area contributed by atoms with Crippen molar-refractivity contribution >= 4 is 6.47 Å². The Labute approximate surface area is 244 Å². The molecule has 0 radical (unpaired) electrons. The third-order valence-electron chi connectivity index (χ3n) is 7.97. The van der Waals surface area contributed by atoms with E-state index in [4.69, 9.17) is 9.90 Å². The average molecular weight is 545 g/mol. The van der Waals surface area contributed by atoms with Crippen molar-refractivity contribution in [2.45, 2.75) is 101 Å². The molecule has 0 saturated carbocycles. The highest BCUT2D eigenvalue weighted by Gasteiger charge is 2.38. The maximum Gasteiger partial charge on any atom is 0.146 e. The molecule has 0 aliphatic carbocycles. The van der Waals surface area contributed by atoms with Crippen molar-refractivity contribution in [2.24, 2.45) is 0 Å². The zero-order valence-electron chi connectivity index (χ0n) is 26.5. The van der Waals surface area contributed by atoms with E-state index in [1.807, 2.05) is 0 Å². The standard InChI is InChI=1S/C35H51N2.CH2O2/c1-10-13-35(37(11-2,12-3)25-34-21-30(8)16-31(9)22-34)36(23-32-17-26(4)14-27(5)18-32)24-33-19-28(6)15-29(7)20-33;2-1-3/h14-22,35H,10-13,23-25H2,1-9H3;1H,(H,2,3)/q+1;/p-1. The number of rotatable bonds is 12. The van der Waals surface area contributed by atoms with Crippen molar-refractivity contribution in [3.8, 4) is 0 Å². The Morgan fingerprint density at radius 2 is 0.975 bits per heavy atom. The van der Waals surface area contributed by atoms with Crippen molar-refractivity contribution < 1.29 is 14.4 Å². The summed E-state index contributed by atoms with van der Waals surface area (Å²) in [5, 5.41) is 8.25. The maximum absolute atomic E-state index is 8.25. The smallest absolute Gasteiger partial charge is 0.146 e. The molecule has 0 saturated heterocycles. The lowest BCUT2D eigenvalue weighted by Crippen LogP contribution is -2.61. The van der Waals surface area contributed by atoms with E-state index in [-0.39, 0.29) is 0 Å². The molecule has 0 heterocycles. The summed E-state index contributed by atoms with van der Waals surface area (Å²) in [6.45, 7) is 25.3. The third-order valence-corrected chi connectivity index (χ3v) is 7.97. The van der Waals surface area contributed by atoms with Crippen LogP contribution in [0.3, 0.4) is 0 Å². The van der Waals surface area contributed by atoms with Crippen LogP contribution in [0.4, 0.5) is 0 Å². The van der Waals surface area contributed by atoms with Crippen LogP contribution in [0.5, 0.6) is 0 Å². The molecule has 1 atom stereocenters. The third kappa shape index (κ3) is 9.60. The molecule has 4 nitrogen and oxygen atoms in total. The Morgan fingerprint density at radius 3 is 1.27 bits per heavy atom. The first-order valence-corrected chi connectivity index (χ1v) is 14.9. The van der Waals surface area contributed by atoms with Gasteiger partial charge in [-0.2, -0.15) is 0 Å². The van der Waals surface area contributed by atoms with Crippen molar-refractivity contribution in [3.05, 3.63) is 105 Å². The maximum atomic E-state index is 8.25. The van der Waals surface area contributed by atoms with E-state index in [0.717, 1.165) is 37.2 Å². The molecule has 0 N–H and O–H groups in total. The molecule has 40 heavy (non-hydrogen) atoms. The molecule has 0 spiro atoms. The van der Waals surface area contributed by atoms with Gasteiger partial charge < -0.3 is 14.4 Å². The molecule has 3 rings (SSSR count). The van der Waals surface area contributed by atoms with Gasteiger partial charge in [0.1, 0.15) is 12.7 Å². The van der Waals surface area contributed by atoms with E-state index in [1.165, 1.54) is 62.9 Å². The van der Waals surface area contributed by atoms with Crippen molar-refractivity contribution in [1.29, 1.82) is 0 Å². The molecule has 0 aliphatic heterocycles. The zero-order chi connectivity index (χ0) is 29.9. The minimum Gasteiger partial charge on any atom is -0.554 e. The van der Waals surface area contributed by atoms with Gasteiger partial charge in [-0.15, -0.1) is 0 Å². The summed E-state index contributed by atoms with van der Waals surface area (Å²) in [5.41, 5.74) is 12.5. The summed E-state index contributed by atoms with van der Waals surface area (Å²) in [4.78, 5) is 11.1. The van der Waals surface area contributed by atoms with Gasteiger partial charge >= 0.3 is 0 Å². The fourth-order valence-corrected chi connectivity index (χ4v) is 6.62. The first-order valence-electron chi connectivity index (χ1n) is 14.9. The van der Waals surface area contributed by atoms with Crippen LogP contribution in [-0.2, 0) is 24.4 Å². The number of hydrogen-bond donors (Lipinski definition) is 0. The van der Waals surface area contributed by atoms with Crippen LogP contribution in [0.2, 0.25) is 0 Å². The molecule has 4 heteroatoms. The molecular formula is C36H52N2O2. The van der Waals surface area contributed by atoms with Crippen LogP contribution in [0, 0.1) is 41.5 Å². The number of aryl methyl sites for hydroxylation is 6. The monoisotopic (exact) mass is 544 g/mol. The molecule has 3 aromatic rings. The molecule has 0 aliphatic rings. The molecule has 0 bridgehead atoms. The van der Waals surface area contributed by atoms with Gasteiger partial charge in [0.05, 0.1) is 13.1 Å². The van der Waals surface area contributed by atoms with Gasteiger partial charge in [-0.1, -0.05) is 94.9 Å². The fourth-order valence-electron chi connectivity index (χ4n) is 6.62. The quantitative estimate of drug-likeness (QED) is 0.139. The largest absolute Gasteiger partial charge is 0.554 e. The summed E-state index contributed by atoms with van der Waals surface area (Å²) in [6.07, 6.45) is 2.83. The molecule has 0 amide bonds. The van der Waals surface area contributed by atoms with E-state index >= 15 is 0 Å². The van der Waals surface area contributed by atoms with Gasteiger partial charge in [-0.25, -0.2) is 4.90 Å². The topological polar surface area (TPSA) is 43.4 Å². The minimum atomic E-state index is -0.500. The molecular weight excluding hydrogens is 492 g/mol. The molecule has 0 aromatic heterocycles. The van der Waals surface area contributed by atoms with Gasteiger partial charge in [-0.05, 0) is 72.9 Å². The van der Waals surface area contributed by atoms with Crippen LogP contribution in [0.25, 0.3) is 0 Å². The zero-order valence-corrected chi connectivity index (χ0v) is 26.5. The lowest BCUT2D eigenvalue weighted by Gasteiger charge is -2.48. The highest BCUT2D eigenvalue weighted by atomic mass is 16.3. The minimum absolute atomic E-state index is 0.447. The number of hydrogen-bond acceptors (Lipinski definition) is 3. The fraction of sp³-hybridized carbons (Fsp3) is 0.472. The second-order valence-corrected chi connectivity index (χ2v) is 11.8. The van der Waals surface area contributed by atoms with Crippen LogP contribution < -0.4 is 5.11 Å². The molecule has 1 unspecified atom stereocenters. The predicted octanol–water partition coefficient (Wildman–Crippen LogP) is 7.09. The van der Waals surface area contributed by atoms with E-state index < -0.39 is 6.47 Å². The number of benzene rings is 3. The summed E-state index contributed by atoms with van der Waals surface area (Å²) in [7, 11) is 0. The molecule has 3 aromatic carbocycles. The van der Waals surface area contributed by atoms with Crippen molar-refractivity contribution in [1.82, 2.24) is 4.90 Å². The van der Waals surface area contributed by atoms with E-state index in [9.17, 15) is 0 Å². The number of quaternary nitrogens is 1. The Morgan fingerprint density at radius 1 is 0.650 bits per heavy atom. The second-order valence-electron chi connectivity index (χ2n) is 11.8. The lowest BCUT2D eigenvalue weighted by atomic mass is 10.0. The average Bonchev–Trinajstić information content (AvgIpc) is 2.84. The normalized spacial score (nSPS) is 12.2. The second kappa shape index (κ2) is 15.7. The van der Waals surface area contributed by atoms with Crippen molar-refractivity contribution in [2.75, 3.05) is 13.1 Å². The number of carboxylic acid groups (broad SMARTS) is 1.